The van der Waals surface area contributed by atoms with Gasteiger partial charge >= 0.3 is 6.03 Å². The topological polar surface area (TPSA) is 92.7 Å². The summed E-state index contributed by atoms with van der Waals surface area (Å²) in [6.45, 7) is 0.288. The fourth-order valence-corrected chi connectivity index (χ4v) is 4.93. The van der Waals surface area contributed by atoms with E-state index in [0.717, 1.165) is 35.7 Å². The van der Waals surface area contributed by atoms with Gasteiger partial charge in [-0.05, 0) is 37.1 Å². The van der Waals surface area contributed by atoms with Crippen molar-refractivity contribution in [1.82, 2.24) is 19.9 Å². The van der Waals surface area contributed by atoms with E-state index in [2.05, 4.69) is 26.1 Å². The second-order valence-electron chi connectivity index (χ2n) is 7.86. The zero-order valence-corrected chi connectivity index (χ0v) is 18.3. The minimum absolute atomic E-state index is 0.121. The number of hydrogen-bond donors (Lipinski definition) is 0. The van der Waals surface area contributed by atoms with Crippen molar-refractivity contribution in [2.45, 2.75) is 44.8 Å². The predicted octanol–water partition coefficient (Wildman–Crippen LogP) is 4.62. The monoisotopic (exact) mass is 484 g/mol. The molecule has 1 aliphatic heterocycles. The number of carbonyl (C=O) groups is 2. The summed E-state index contributed by atoms with van der Waals surface area (Å²) in [7, 11) is 0. The molecule has 0 N–H and O–H groups in total. The third-order valence-corrected chi connectivity index (χ3v) is 6.66. The Morgan fingerprint density at radius 2 is 1.90 bits per heavy atom. The van der Waals surface area contributed by atoms with Crippen LogP contribution in [-0.4, -0.2) is 37.9 Å². The average Bonchev–Trinajstić information content (AvgIpc) is 3.47. The molecule has 0 spiro atoms. The zero-order valence-electron chi connectivity index (χ0n) is 16.7. The highest BCUT2D eigenvalue weighted by atomic mass is 79.9. The lowest BCUT2D eigenvalue weighted by atomic mass is 9.81. The molecule has 2 aromatic heterocycles. The van der Waals surface area contributed by atoms with Gasteiger partial charge in [0.2, 0.25) is 17.6 Å². The molecule has 3 amide bonds. The molecule has 8 nitrogen and oxygen atoms in total. The molecule has 2 aliphatic rings. The number of imide groups is 1. The number of furan rings is 1. The molecule has 0 radical (unpaired) electrons. The van der Waals surface area contributed by atoms with Crippen LogP contribution in [0.2, 0.25) is 0 Å². The van der Waals surface area contributed by atoms with Crippen LogP contribution in [0.4, 0.5) is 4.79 Å². The lowest BCUT2D eigenvalue weighted by molar-refractivity contribution is -0.141. The van der Waals surface area contributed by atoms with E-state index in [4.69, 9.17) is 8.94 Å². The molecule has 2 fully saturated rings. The summed E-state index contributed by atoms with van der Waals surface area (Å²) in [5, 5.41) is 4.09. The van der Waals surface area contributed by atoms with Crippen molar-refractivity contribution >= 4 is 27.9 Å². The summed E-state index contributed by atoms with van der Waals surface area (Å²) in [4.78, 5) is 34.0. The third-order valence-electron chi connectivity index (χ3n) is 5.97. The van der Waals surface area contributed by atoms with Gasteiger partial charge in [0.25, 0.3) is 0 Å². The highest BCUT2D eigenvalue weighted by Gasteiger charge is 2.47. The second-order valence-corrected chi connectivity index (χ2v) is 8.72. The maximum Gasteiger partial charge on any atom is 0.327 e. The van der Waals surface area contributed by atoms with Crippen molar-refractivity contribution in [1.29, 1.82) is 0 Å². The van der Waals surface area contributed by atoms with Crippen molar-refractivity contribution < 1.29 is 18.5 Å². The molecule has 2 atom stereocenters. The van der Waals surface area contributed by atoms with E-state index in [1.54, 1.807) is 17.0 Å². The number of fused-ring (bicyclic) bond motifs is 1. The number of nitrogens with zero attached hydrogens (tertiary/aromatic N) is 4. The highest BCUT2D eigenvalue weighted by molar-refractivity contribution is 9.10. The van der Waals surface area contributed by atoms with E-state index < -0.39 is 0 Å². The number of urea groups is 1. The van der Waals surface area contributed by atoms with Gasteiger partial charge in [-0.3, -0.25) is 9.69 Å². The van der Waals surface area contributed by atoms with Crippen LogP contribution < -0.4 is 0 Å². The fraction of sp³-hybridized carbons (Fsp3) is 0.364. The fourth-order valence-electron chi connectivity index (χ4n) is 4.47. The van der Waals surface area contributed by atoms with Crippen LogP contribution in [0, 0.1) is 5.92 Å². The summed E-state index contributed by atoms with van der Waals surface area (Å²) < 4.78 is 11.7. The van der Waals surface area contributed by atoms with E-state index in [9.17, 15) is 9.59 Å². The molecule has 1 saturated carbocycles. The molecule has 3 aromatic rings. The number of rotatable bonds is 5. The van der Waals surface area contributed by atoms with Crippen molar-refractivity contribution in [2.75, 3.05) is 0 Å². The number of halogens is 1. The maximum atomic E-state index is 13.3. The Morgan fingerprint density at radius 1 is 1.06 bits per heavy atom. The quantitative estimate of drug-likeness (QED) is 0.524. The van der Waals surface area contributed by atoms with Gasteiger partial charge in [-0.15, -0.1) is 0 Å². The van der Waals surface area contributed by atoms with Gasteiger partial charge in [0.05, 0.1) is 18.7 Å². The van der Waals surface area contributed by atoms with Crippen LogP contribution in [0.1, 0.15) is 37.3 Å². The second kappa shape index (κ2) is 8.30. The van der Waals surface area contributed by atoms with E-state index >= 15 is 0 Å². The number of benzene rings is 1. The van der Waals surface area contributed by atoms with Gasteiger partial charge in [-0.2, -0.15) is 4.98 Å². The van der Waals surface area contributed by atoms with Crippen LogP contribution in [0.15, 0.2) is 56.1 Å². The predicted molar refractivity (Wildman–Crippen MR) is 113 cm³/mol. The highest BCUT2D eigenvalue weighted by Crippen LogP contribution is 2.36. The molecule has 0 bridgehead atoms. The van der Waals surface area contributed by atoms with Gasteiger partial charge in [0.15, 0.2) is 0 Å². The summed E-state index contributed by atoms with van der Waals surface area (Å²) in [5.74, 6) is 1.03. The van der Waals surface area contributed by atoms with Crippen LogP contribution >= 0.6 is 15.9 Å². The van der Waals surface area contributed by atoms with E-state index in [1.165, 1.54) is 11.2 Å². The first-order valence-electron chi connectivity index (χ1n) is 10.3. The normalized spacial score (nSPS) is 21.5. The number of carbonyl (C=O) groups excluding carboxylic acids is 2. The van der Waals surface area contributed by atoms with Gasteiger partial charge < -0.3 is 13.8 Å². The van der Waals surface area contributed by atoms with Crippen molar-refractivity contribution in [2.24, 2.45) is 5.92 Å². The Hall–Kier alpha value is -2.94. The lowest BCUT2D eigenvalue weighted by Gasteiger charge is -2.46. The van der Waals surface area contributed by atoms with Gasteiger partial charge in [0, 0.05) is 16.1 Å². The van der Waals surface area contributed by atoms with Gasteiger partial charge in [-0.25, -0.2) is 4.79 Å². The molecule has 2 unspecified atom stereocenters. The van der Waals surface area contributed by atoms with E-state index in [1.807, 2.05) is 24.3 Å². The molecule has 5 rings (SSSR count). The van der Waals surface area contributed by atoms with Crippen molar-refractivity contribution in [3.63, 3.8) is 0 Å². The van der Waals surface area contributed by atoms with Crippen LogP contribution in [0.3, 0.4) is 0 Å². The van der Waals surface area contributed by atoms with Crippen LogP contribution in [0.5, 0.6) is 0 Å². The van der Waals surface area contributed by atoms with Crippen LogP contribution in [0.25, 0.3) is 11.4 Å². The summed E-state index contributed by atoms with van der Waals surface area (Å²) in [5.41, 5.74) is 0.813. The molecule has 9 heteroatoms. The Morgan fingerprint density at radius 3 is 2.71 bits per heavy atom. The maximum absolute atomic E-state index is 13.3. The Labute approximate surface area is 187 Å². The van der Waals surface area contributed by atoms with E-state index in [0.29, 0.717) is 17.5 Å². The average molecular weight is 485 g/mol. The third kappa shape index (κ3) is 3.78. The molecule has 31 heavy (non-hydrogen) atoms. The largest absolute Gasteiger partial charge is 0.467 e. The number of amides is 3. The smallest absolute Gasteiger partial charge is 0.327 e. The minimum Gasteiger partial charge on any atom is -0.467 e. The molecule has 1 aromatic carbocycles. The first-order valence-corrected chi connectivity index (χ1v) is 11.1. The SMILES string of the molecule is O=C1C2CCCCC2N(Cc2nc(-c3ccccc3Br)no2)C(=O)N1Cc1ccco1. The Kier molecular flexibility index (Phi) is 5.35. The van der Waals surface area contributed by atoms with Gasteiger partial charge in [-0.1, -0.05) is 46.1 Å². The number of hydrogen-bond acceptors (Lipinski definition) is 6. The molecular weight excluding hydrogens is 464 g/mol. The zero-order chi connectivity index (χ0) is 21.4. The van der Waals surface area contributed by atoms with Gasteiger partial charge in [0.1, 0.15) is 12.3 Å². The first kappa shape index (κ1) is 20.0. The summed E-state index contributed by atoms with van der Waals surface area (Å²) >= 11 is 3.50. The lowest BCUT2D eigenvalue weighted by Crippen LogP contribution is -2.61. The number of aromatic nitrogens is 2. The molecule has 1 aliphatic carbocycles. The van der Waals surface area contributed by atoms with E-state index in [-0.39, 0.29) is 37.0 Å². The Bertz CT molecular complexity index is 1100. The first-order chi connectivity index (χ1) is 15.1. The van der Waals surface area contributed by atoms with Crippen molar-refractivity contribution in [3.8, 4) is 11.4 Å². The summed E-state index contributed by atoms with van der Waals surface area (Å²) in [6.07, 6.45) is 5.08. The minimum atomic E-state index is -0.342. The Balaban J connectivity index is 1.42. The molecule has 1 saturated heterocycles. The molecule has 3 heterocycles. The standard InChI is InChI=1S/C22H21BrN4O4/c23-17-9-3-1-7-15(17)20-24-19(31-25-20)13-26-18-10-4-2-8-16(18)21(28)27(22(26)29)12-14-6-5-11-30-14/h1,3,5-7,9,11,16,18H,2,4,8,10,12-13H2. The summed E-state index contributed by atoms with van der Waals surface area (Å²) in [6, 6.07) is 10.6. The van der Waals surface area contributed by atoms with Crippen molar-refractivity contribution in [3.05, 3.63) is 58.8 Å². The molecular formula is C22H21BrN4O4. The molecule has 160 valence electrons. The van der Waals surface area contributed by atoms with Crippen LogP contribution in [-0.2, 0) is 17.9 Å².